The van der Waals surface area contributed by atoms with E-state index in [0.717, 1.165) is 5.69 Å². The van der Waals surface area contributed by atoms with Gasteiger partial charge in [-0.3, -0.25) is 4.79 Å². The number of para-hydroxylation sites is 1. The summed E-state index contributed by atoms with van der Waals surface area (Å²) in [6, 6.07) is 21.3. The number of rotatable bonds is 7. The van der Waals surface area contributed by atoms with Gasteiger partial charge in [-0.15, -0.1) is 0 Å². The number of nitrogens with zero attached hydrogens (tertiary/aromatic N) is 3. The van der Waals surface area contributed by atoms with Crippen molar-refractivity contribution in [2.75, 3.05) is 21.3 Å². The Kier molecular flexibility index (Phi) is 6.40. The molecule has 4 aromatic rings. The number of benzene rings is 3. The van der Waals surface area contributed by atoms with E-state index in [4.69, 9.17) is 14.6 Å². The second-order valence-electron chi connectivity index (χ2n) is 7.49. The molecule has 0 radical (unpaired) electrons. The Bertz CT molecular complexity index is 1270. The SMILES string of the molecule is COc1ccc(-c2nn(-c3ccccc3)cc2C(=O)N(C)Cc2ccccc2F)c(OC)c1. The van der Waals surface area contributed by atoms with Gasteiger partial charge in [-0.1, -0.05) is 36.4 Å². The average Bonchev–Trinajstić information content (AvgIpc) is 3.30. The number of ether oxygens (including phenoxy) is 2. The fraction of sp³-hybridized carbons (Fsp3) is 0.154. The second kappa shape index (κ2) is 9.56. The normalized spacial score (nSPS) is 10.7. The second-order valence-corrected chi connectivity index (χ2v) is 7.49. The lowest BCUT2D eigenvalue weighted by molar-refractivity contribution is 0.0784. The van der Waals surface area contributed by atoms with Crippen molar-refractivity contribution < 1.29 is 18.7 Å². The minimum Gasteiger partial charge on any atom is -0.497 e. The first-order chi connectivity index (χ1) is 16.0. The summed E-state index contributed by atoms with van der Waals surface area (Å²) in [5, 5.41) is 4.72. The van der Waals surface area contributed by atoms with Crippen LogP contribution < -0.4 is 9.47 Å². The van der Waals surface area contributed by atoms with E-state index in [-0.39, 0.29) is 18.3 Å². The molecule has 33 heavy (non-hydrogen) atoms. The number of aromatic nitrogens is 2. The molecule has 1 aromatic heterocycles. The van der Waals surface area contributed by atoms with Crippen LogP contribution in [0.3, 0.4) is 0 Å². The summed E-state index contributed by atoms with van der Waals surface area (Å²) >= 11 is 0. The highest BCUT2D eigenvalue weighted by molar-refractivity contribution is 6.00. The Morgan fingerprint density at radius 3 is 2.42 bits per heavy atom. The Labute approximate surface area is 191 Å². The zero-order chi connectivity index (χ0) is 23.4. The van der Waals surface area contributed by atoms with Crippen molar-refractivity contribution >= 4 is 5.91 Å². The van der Waals surface area contributed by atoms with E-state index in [2.05, 4.69) is 0 Å². The number of carbonyl (C=O) groups is 1. The fourth-order valence-corrected chi connectivity index (χ4v) is 3.60. The van der Waals surface area contributed by atoms with Gasteiger partial charge in [0.1, 0.15) is 23.0 Å². The van der Waals surface area contributed by atoms with Gasteiger partial charge < -0.3 is 14.4 Å². The number of hydrogen-bond acceptors (Lipinski definition) is 4. The molecule has 0 aliphatic rings. The monoisotopic (exact) mass is 445 g/mol. The summed E-state index contributed by atoms with van der Waals surface area (Å²) < 4.78 is 26.7. The van der Waals surface area contributed by atoms with Crippen LogP contribution >= 0.6 is 0 Å². The molecule has 0 spiro atoms. The molecule has 1 amide bonds. The van der Waals surface area contributed by atoms with E-state index in [0.29, 0.717) is 33.9 Å². The standard InChI is InChI=1S/C26H24FN3O3/c1-29(16-18-9-7-8-12-23(18)27)26(31)22-17-30(19-10-5-4-6-11-19)28-25(22)21-14-13-20(32-2)15-24(21)33-3/h4-15,17H,16H2,1-3H3. The van der Waals surface area contributed by atoms with Crippen LogP contribution in [-0.4, -0.2) is 41.9 Å². The van der Waals surface area contributed by atoms with Crippen molar-refractivity contribution in [3.63, 3.8) is 0 Å². The summed E-state index contributed by atoms with van der Waals surface area (Å²) in [4.78, 5) is 15.0. The van der Waals surface area contributed by atoms with E-state index in [1.54, 1.807) is 62.5 Å². The zero-order valence-electron chi connectivity index (χ0n) is 18.7. The molecule has 4 rings (SSSR count). The topological polar surface area (TPSA) is 56.6 Å². The summed E-state index contributed by atoms with van der Waals surface area (Å²) in [5.74, 6) is 0.517. The molecular formula is C26H24FN3O3. The molecule has 3 aromatic carbocycles. The van der Waals surface area contributed by atoms with Crippen LogP contribution in [0.1, 0.15) is 15.9 Å². The van der Waals surface area contributed by atoms with Crippen molar-refractivity contribution in [1.82, 2.24) is 14.7 Å². The Morgan fingerprint density at radius 2 is 1.73 bits per heavy atom. The molecule has 6 nitrogen and oxygen atoms in total. The number of carbonyl (C=O) groups excluding carboxylic acids is 1. The predicted molar refractivity (Wildman–Crippen MR) is 124 cm³/mol. The van der Waals surface area contributed by atoms with E-state index in [9.17, 15) is 9.18 Å². The molecule has 0 bridgehead atoms. The first kappa shape index (κ1) is 22.1. The first-order valence-electron chi connectivity index (χ1n) is 10.4. The molecule has 0 aliphatic heterocycles. The maximum Gasteiger partial charge on any atom is 0.257 e. The van der Waals surface area contributed by atoms with Gasteiger partial charge in [0.25, 0.3) is 5.91 Å². The lowest BCUT2D eigenvalue weighted by Gasteiger charge is -2.18. The summed E-state index contributed by atoms with van der Waals surface area (Å²) in [7, 11) is 4.77. The Morgan fingerprint density at radius 1 is 1.00 bits per heavy atom. The van der Waals surface area contributed by atoms with E-state index in [1.807, 2.05) is 36.4 Å². The Hall–Kier alpha value is -4.13. The highest BCUT2D eigenvalue weighted by Crippen LogP contribution is 2.35. The quantitative estimate of drug-likeness (QED) is 0.403. The number of hydrogen-bond donors (Lipinski definition) is 0. The van der Waals surface area contributed by atoms with Gasteiger partial charge in [0, 0.05) is 37.0 Å². The van der Waals surface area contributed by atoms with Crippen LogP contribution in [0.25, 0.3) is 16.9 Å². The minimum absolute atomic E-state index is 0.126. The van der Waals surface area contributed by atoms with Crippen molar-refractivity contribution in [1.29, 1.82) is 0 Å². The summed E-state index contributed by atoms with van der Waals surface area (Å²) in [6.07, 6.45) is 1.69. The number of halogens is 1. The number of methoxy groups -OCH3 is 2. The van der Waals surface area contributed by atoms with Gasteiger partial charge in [-0.2, -0.15) is 5.10 Å². The van der Waals surface area contributed by atoms with Gasteiger partial charge in [0.15, 0.2) is 0 Å². The molecule has 0 unspecified atom stereocenters. The average molecular weight is 445 g/mol. The van der Waals surface area contributed by atoms with Gasteiger partial charge in [-0.25, -0.2) is 9.07 Å². The number of amides is 1. The maximum absolute atomic E-state index is 14.2. The van der Waals surface area contributed by atoms with E-state index >= 15 is 0 Å². The predicted octanol–water partition coefficient (Wildman–Crippen LogP) is 4.97. The van der Waals surface area contributed by atoms with Crippen LogP contribution in [0, 0.1) is 5.82 Å². The van der Waals surface area contributed by atoms with Crippen molar-refractivity contribution in [2.24, 2.45) is 0 Å². The molecule has 0 aliphatic carbocycles. The third-order valence-corrected chi connectivity index (χ3v) is 5.34. The molecule has 0 N–H and O–H groups in total. The molecule has 7 heteroatoms. The summed E-state index contributed by atoms with van der Waals surface area (Å²) in [5.41, 5.74) is 2.73. The third kappa shape index (κ3) is 4.57. The third-order valence-electron chi connectivity index (χ3n) is 5.34. The maximum atomic E-state index is 14.2. The van der Waals surface area contributed by atoms with Crippen LogP contribution in [0.5, 0.6) is 11.5 Å². The Balaban J connectivity index is 1.79. The molecule has 0 atom stereocenters. The summed E-state index contributed by atoms with van der Waals surface area (Å²) in [6.45, 7) is 0.126. The van der Waals surface area contributed by atoms with Crippen LogP contribution in [0.4, 0.5) is 4.39 Å². The highest BCUT2D eigenvalue weighted by atomic mass is 19.1. The molecular weight excluding hydrogens is 421 g/mol. The smallest absolute Gasteiger partial charge is 0.257 e. The van der Waals surface area contributed by atoms with Gasteiger partial charge in [0.05, 0.1) is 25.5 Å². The molecule has 0 fully saturated rings. The first-order valence-corrected chi connectivity index (χ1v) is 10.4. The lowest BCUT2D eigenvalue weighted by atomic mass is 10.1. The molecule has 1 heterocycles. The van der Waals surface area contributed by atoms with Crippen LogP contribution in [0.15, 0.2) is 79.0 Å². The van der Waals surface area contributed by atoms with Crippen molar-refractivity contribution in [2.45, 2.75) is 6.54 Å². The minimum atomic E-state index is -0.353. The van der Waals surface area contributed by atoms with Crippen molar-refractivity contribution in [3.8, 4) is 28.4 Å². The lowest BCUT2D eigenvalue weighted by Crippen LogP contribution is -2.26. The van der Waals surface area contributed by atoms with Crippen LogP contribution in [0.2, 0.25) is 0 Å². The molecule has 0 saturated carbocycles. The molecule has 0 saturated heterocycles. The molecule has 168 valence electrons. The van der Waals surface area contributed by atoms with Gasteiger partial charge >= 0.3 is 0 Å². The van der Waals surface area contributed by atoms with E-state index in [1.165, 1.54) is 11.0 Å². The van der Waals surface area contributed by atoms with Crippen LogP contribution in [-0.2, 0) is 6.54 Å². The largest absolute Gasteiger partial charge is 0.497 e. The fourth-order valence-electron chi connectivity index (χ4n) is 3.60. The van der Waals surface area contributed by atoms with Gasteiger partial charge in [-0.05, 0) is 30.3 Å². The van der Waals surface area contributed by atoms with E-state index < -0.39 is 0 Å². The highest BCUT2D eigenvalue weighted by Gasteiger charge is 2.24. The van der Waals surface area contributed by atoms with Crippen molar-refractivity contribution in [3.05, 3.63) is 95.9 Å². The van der Waals surface area contributed by atoms with Gasteiger partial charge in [0.2, 0.25) is 0 Å². The zero-order valence-corrected chi connectivity index (χ0v) is 18.7.